The van der Waals surface area contributed by atoms with Crippen molar-refractivity contribution in [1.29, 1.82) is 0 Å². The van der Waals surface area contributed by atoms with E-state index in [-0.39, 0.29) is 5.78 Å². The Hall–Kier alpha value is -1.38. The molecule has 0 radical (unpaired) electrons. The van der Waals surface area contributed by atoms with Crippen LogP contribution in [0.5, 0.6) is 0 Å². The topological polar surface area (TPSA) is 80.4 Å². The Morgan fingerprint density at radius 1 is 1.44 bits per heavy atom. The highest BCUT2D eigenvalue weighted by molar-refractivity contribution is 5.78. The Labute approximate surface area is 95.8 Å². The highest BCUT2D eigenvalue weighted by Crippen LogP contribution is 2.12. The molecule has 16 heavy (non-hydrogen) atoms. The summed E-state index contributed by atoms with van der Waals surface area (Å²) in [5.41, 5.74) is 8.99. The fourth-order valence-electron chi connectivity index (χ4n) is 1.37. The van der Waals surface area contributed by atoms with Gasteiger partial charge in [0.15, 0.2) is 0 Å². The van der Waals surface area contributed by atoms with Crippen LogP contribution in [0.15, 0.2) is 17.9 Å². The molecule has 0 bridgehead atoms. The average molecular weight is 225 g/mol. The number of allylic oxidation sites excluding steroid dienone is 1. The largest absolute Gasteiger partial charge is 0.480 e. The van der Waals surface area contributed by atoms with Gasteiger partial charge in [0.05, 0.1) is 0 Å². The van der Waals surface area contributed by atoms with E-state index in [9.17, 15) is 9.59 Å². The number of unbranched alkanes of at least 4 members (excludes halogenated alkanes) is 1. The average Bonchev–Trinajstić information content (AvgIpc) is 2.21. The normalized spacial score (nSPS) is 11.6. The Morgan fingerprint density at radius 3 is 2.50 bits per heavy atom. The Kier molecular flexibility index (Phi) is 7.18. The third-order valence-corrected chi connectivity index (χ3v) is 2.27. The SMILES string of the molecule is C=C=C(CCCCC(N)C(=O)O)CC(C)=O. The quantitative estimate of drug-likeness (QED) is 0.486. The molecule has 4 nitrogen and oxygen atoms in total. The second kappa shape index (κ2) is 7.85. The van der Waals surface area contributed by atoms with Crippen LogP contribution in [0.3, 0.4) is 0 Å². The number of carboxylic acid groups (broad SMARTS) is 1. The number of hydrogen-bond donors (Lipinski definition) is 2. The van der Waals surface area contributed by atoms with Crippen molar-refractivity contribution in [2.45, 2.75) is 45.1 Å². The summed E-state index contributed by atoms with van der Waals surface area (Å²) in [7, 11) is 0. The number of aliphatic carboxylic acids is 1. The van der Waals surface area contributed by atoms with Crippen molar-refractivity contribution in [3.05, 3.63) is 17.9 Å². The molecule has 0 aliphatic rings. The summed E-state index contributed by atoms with van der Waals surface area (Å²) in [5.74, 6) is -0.878. The first-order valence-corrected chi connectivity index (χ1v) is 5.33. The molecule has 0 spiro atoms. The zero-order valence-electron chi connectivity index (χ0n) is 9.66. The molecule has 0 aromatic carbocycles. The van der Waals surface area contributed by atoms with Crippen LogP contribution in [0.1, 0.15) is 39.0 Å². The van der Waals surface area contributed by atoms with E-state index in [1.165, 1.54) is 6.92 Å². The van der Waals surface area contributed by atoms with Gasteiger partial charge in [0.1, 0.15) is 11.8 Å². The van der Waals surface area contributed by atoms with Crippen molar-refractivity contribution in [2.75, 3.05) is 0 Å². The number of ketones is 1. The van der Waals surface area contributed by atoms with Gasteiger partial charge in [-0.25, -0.2) is 0 Å². The summed E-state index contributed by atoms with van der Waals surface area (Å²) in [6, 6.07) is -0.788. The lowest BCUT2D eigenvalue weighted by Crippen LogP contribution is -2.29. The third kappa shape index (κ3) is 6.98. The Bertz CT molecular complexity index is 303. The maximum absolute atomic E-state index is 10.9. The number of carbonyl (C=O) groups excluding carboxylic acids is 1. The van der Waals surface area contributed by atoms with Gasteiger partial charge < -0.3 is 10.8 Å². The van der Waals surface area contributed by atoms with E-state index in [1.54, 1.807) is 0 Å². The van der Waals surface area contributed by atoms with Crippen LogP contribution in [-0.2, 0) is 9.59 Å². The molecular weight excluding hydrogens is 206 g/mol. The van der Waals surface area contributed by atoms with E-state index >= 15 is 0 Å². The van der Waals surface area contributed by atoms with E-state index in [1.807, 2.05) is 0 Å². The van der Waals surface area contributed by atoms with E-state index in [2.05, 4.69) is 12.3 Å². The molecule has 3 N–H and O–H groups in total. The standard InChI is InChI=1S/C12H19NO3/c1-3-10(8-9(2)14)6-4-5-7-11(13)12(15)16/h11H,1,4-8,13H2,2H3,(H,15,16). The molecule has 0 heterocycles. The van der Waals surface area contributed by atoms with Gasteiger partial charge in [0, 0.05) is 6.42 Å². The van der Waals surface area contributed by atoms with Crippen LogP contribution < -0.4 is 5.73 Å². The molecule has 0 fully saturated rings. The van der Waals surface area contributed by atoms with Crippen molar-refractivity contribution in [2.24, 2.45) is 5.73 Å². The molecule has 4 heteroatoms. The zero-order valence-corrected chi connectivity index (χ0v) is 9.66. The fraction of sp³-hybridized carbons (Fsp3) is 0.583. The van der Waals surface area contributed by atoms with Crippen molar-refractivity contribution in [1.82, 2.24) is 0 Å². The third-order valence-electron chi connectivity index (χ3n) is 2.27. The first kappa shape index (κ1) is 14.6. The number of nitrogens with two attached hydrogens (primary N) is 1. The van der Waals surface area contributed by atoms with Gasteiger partial charge in [-0.15, -0.1) is 5.73 Å². The van der Waals surface area contributed by atoms with Gasteiger partial charge in [-0.3, -0.25) is 9.59 Å². The summed E-state index contributed by atoms with van der Waals surface area (Å²) in [4.78, 5) is 21.3. The van der Waals surface area contributed by atoms with Gasteiger partial charge in [-0.2, -0.15) is 0 Å². The van der Waals surface area contributed by atoms with E-state index in [0.29, 0.717) is 12.8 Å². The number of carboxylic acids is 1. The van der Waals surface area contributed by atoms with Crippen molar-refractivity contribution >= 4 is 11.8 Å². The van der Waals surface area contributed by atoms with E-state index in [4.69, 9.17) is 10.8 Å². The molecule has 1 unspecified atom stereocenters. The van der Waals surface area contributed by atoms with Crippen molar-refractivity contribution in [3.8, 4) is 0 Å². The molecule has 0 saturated carbocycles. The predicted octanol–water partition coefficient (Wildman–Crippen LogP) is 1.65. The summed E-state index contributed by atoms with van der Waals surface area (Å²) in [6.07, 6.45) is 3.12. The molecule has 90 valence electrons. The summed E-state index contributed by atoms with van der Waals surface area (Å²) < 4.78 is 0. The number of hydrogen-bond acceptors (Lipinski definition) is 3. The van der Waals surface area contributed by atoms with Gasteiger partial charge in [-0.1, -0.05) is 13.0 Å². The predicted molar refractivity (Wildman–Crippen MR) is 62.0 cm³/mol. The Balaban J connectivity index is 3.77. The Morgan fingerprint density at radius 2 is 2.06 bits per heavy atom. The van der Waals surface area contributed by atoms with Crippen LogP contribution in [-0.4, -0.2) is 22.9 Å². The lowest BCUT2D eigenvalue weighted by Gasteiger charge is -2.06. The highest BCUT2D eigenvalue weighted by atomic mass is 16.4. The lowest BCUT2D eigenvalue weighted by atomic mass is 10.0. The number of Topliss-reactive ketones (excluding diaryl/α,β-unsaturated/α-hetero) is 1. The fourth-order valence-corrected chi connectivity index (χ4v) is 1.37. The summed E-state index contributed by atoms with van der Waals surface area (Å²) in [5, 5.41) is 8.56. The van der Waals surface area contributed by atoms with Crippen molar-refractivity contribution in [3.63, 3.8) is 0 Å². The second-order valence-corrected chi connectivity index (χ2v) is 3.85. The first-order valence-electron chi connectivity index (χ1n) is 5.33. The first-order chi connectivity index (χ1) is 7.47. The van der Waals surface area contributed by atoms with Gasteiger partial charge >= 0.3 is 5.97 Å². The smallest absolute Gasteiger partial charge is 0.320 e. The molecular formula is C12H19NO3. The molecule has 0 aliphatic heterocycles. The molecule has 0 aliphatic carbocycles. The second-order valence-electron chi connectivity index (χ2n) is 3.85. The molecule has 0 rings (SSSR count). The minimum Gasteiger partial charge on any atom is -0.480 e. The van der Waals surface area contributed by atoms with Gasteiger partial charge in [0.25, 0.3) is 0 Å². The molecule has 0 amide bonds. The van der Waals surface area contributed by atoms with Crippen LogP contribution in [0.2, 0.25) is 0 Å². The zero-order chi connectivity index (χ0) is 12.6. The molecule has 1 atom stereocenters. The number of carbonyl (C=O) groups is 2. The summed E-state index contributed by atoms with van der Waals surface area (Å²) in [6.45, 7) is 5.05. The summed E-state index contributed by atoms with van der Waals surface area (Å²) >= 11 is 0. The minimum absolute atomic E-state index is 0.0911. The number of rotatable bonds is 8. The maximum atomic E-state index is 10.9. The van der Waals surface area contributed by atoms with E-state index < -0.39 is 12.0 Å². The van der Waals surface area contributed by atoms with Crippen LogP contribution >= 0.6 is 0 Å². The van der Waals surface area contributed by atoms with Crippen molar-refractivity contribution < 1.29 is 14.7 Å². The van der Waals surface area contributed by atoms with Gasteiger partial charge in [0.2, 0.25) is 0 Å². The van der Waals surface area contributed by atoms with Crippen LogP contribution in [0, 0.1) is 0 Å². The van der Waals surface area contributed by atoms with Crippen LogP contribution in [0.4, 0.5) is 0 Å². The molecule has 0 aromatic rings. The minimum atomic E-state index is -0.969. The monoisotopic (exact) mass is 225 g/mol. The highest BCUT2D eigenvalue weighted by Gasteiger charge is 2.10. The van der Waals surface area contributed by atoms with Crippen LogP contribution in [0.25, 0.3) is 0 Å². The molecule has 0 saturated heterocycles. The van der Waals surface area contributed by atoms with E-state index in [0.717, 1.165) is 24.8 Å². The van der Waals surface area contributed by atoms with Gasteiger partial charge in [-0.05, 0) is 31.8 Å². The lowest BCUT2D eigenvalue weighted by molar-refractivity contribution is -0.138. The molecule has 0 aromatic heterocycles. The maximum Gasteiger partial charge on any atom is 0.320 e.